The third kappa shape index (κ3) is 3.16. The van der Waals surface area contributed by atoms with E-state index in [0.717, 1.165) is 27.8 Å². The molecule has 3 nitrogen and oxygen atoms in total. The maximum absolute atomic E-state index is 11.2. The van der Waals surface area contributed by atoms with Gasteiger partial charge in [0.05, 0.1) is 11.5 Å². The van der Waals surface area contributed by atoms with E-state index in [2.05, 4.69) is 6.07 Å². The predicted molar refractivity (Wildman–Crippen MR) is 76.4 cm³/mol. The second-order valence-electron chi connectivity index (χ2n) is 6.08. The molecule has 0 saturated heterocycles. The van der Waals surface area contributed by atoms with Crippen LogP contribution in [0.25, 0.3) is 0 Å². The molecule has 0 aliphatic heterocycles. The average Bonchev–Trinajstić information content (AvgIpc) is 2.25. The van der Waals surface area contributed by atoms with E-state index in [0.29, 0.717) is 0 Å². The van der Waals surface area contributed by atoms with Gasteiger partial charge in [0.1, 0.15) is 0 Å². The number of aliphatic hydroxyl groups is 1. The Morgan fingerprint density at radius 2 is 1.58 bits per heavy atom. The molecule has 3 heteroatoms. The normalized spacial score (nSPS) is 13.4. The Labute approximate surface area is 115 Å². The summed E-state index contributed by atoms with van der Waals surface area (Å²) in [4.78, 5) is 11.2. The Bertz CT molecular complexity index is 475. The van der Waals surface area contributed by atoms with E-state index in [9.17, 15) is 15.0 Å². The van der Waals surface area contributed by atoms with Crippen LogP contribution < -0.4 is 0 Å². The average molecular weight is 264 g/mol. The summed E-state index contributed by atoms with van der Waals surface area (Å²) in [5.41, 5.74) is 4.31. The molecule has 2 N–H and O–H groups in total. The summed E-state index contributed by atoms with van der Waals surface area (Å²) in [5.74, 6) is -0.883. The van der Waals surface area contributed by atoms with Gasteiger partial charge in [-0.25, -0.2) is 0 Å². The maximum Gasteiger partial charge on any atom is 0.309 e. The highest BCUT2D eigenvalue weighted by atomic mass is 16.4. The lowest BCUT2D eigenvalue weighted by molar-refractivity contribution is -0.148. The maximum atomic E-state index is 11.2. The van der Waals surface area contributed by atoms with Crippen LogP contribution in [0.15, 0.2) is 6.07 Å². The summed E-state index contributed by atoms with van der Waals surface area (Å²) in [6, 6.07) is 2.10. The van der Waals surface area contributed by atoms with Crippen molar-refractivity contribution >= 4 is 5.97 Å². The molecule has 1 aromatic rings. The largest absolute Gasteiger partial charge is 0.481 e. The van der Waals surface area contributed by atoms with Crippen molar-refractivity contribution in [2.24, 2.45) is 5.41 Å². The van der Waals surface area contributed by atoms with Crippen LogP contribution in [0.3, 0.4) is 0 Å². The number of rotatable bonds is 4. The van der Waals surface area contributed by atoms with Gasteiger partial charge < -0.3 is 10.2 Å². The number of carbonyl (C=O) groups is 1. The van der Waals surface area contributed by atoms with Crippen molar-refractivity contribution in [2.75, 3.05) is 0 Å². The molecule has 106 valence electrons. The molecule has 0 fully saturated rings. The van der Waals surface area contributed by atoms with E-state index in [1.54, 1.807) is 13.8 Å². The first-order valence-electron chi connectivity index (χ1n) is 6.56. The summed E-state index contributed by atoms with van der Waals surface area (Å²) in [5, 5.41) is 19.6. The predicted octanol–water partition coefficient (Wildman–Crippen LogP) is 3.45. The van der Waals surface area contributed by atoms with E-state index in [1.807, 2.05) is 27.7 Å². The fourth-order valence-electron chi connectivity index (χ4n) is 2.42. The molecule has 0 amide bonds. The minimum atomic E-state index is -0.935. The molecule has 1 atom stereocenters. The monoisotopic (exact) mass is 264 g/mol. The van der Waals surface area contributed by atoms with Crippen LogP contribution in [-0.4, -0.2) is 16.2 Å². The summed E-state index contributed by atoms with van der Waals surface area (Å²) in [6.07, 6.45) is -0.530. The zero-order valence-electron chi connectivity index (χ0n) is 12.7. The van der Waals surface area contributed by atoms with Gasteiger partial charge in [-0.2, -0.15) is 0 Å². The third-order valence-electron chi connectivity index (χ3n) is 4.04. The minimum absolute atomic E-state index is 0.215. The standard InChI is InChI=1S/C16H24O3/c1-9-7-10(2)12(4)14(11(9)3)13(17)8-16(5,6)15(18)19/h7,13,17H,8H2,1-6H3,(H,18,19). The van der Waals surface area contributed by atoms with E-state index in [4.69, 9.17) is 0 Å². The van der Waals surface area contributed by atoms with Crippen molar-refractivity contribution in [3.63, 3.8) is 0 Å². The van der Waals surface area contributed by atoms with E-state index < -0.39 is 17.5 Å². The van der Waals surface area contributed by atoms with Crippen LogP contribution in [0.5, 0.6) is 0 Å². The molecule has 0 heterocycles. The number of hydrogen-bond donors (Lipinski definition) is 2. The van der Waals surface area contributed by atoms with Gasteiger partial charge in [-0.15, -0.1) is 0 Å². The van der Waals surface area contributed by atoms with Crippen molar-refractivity contribution in [3.05, 3.63) is 33.9 Å². The highest BCUT2D eigenvalue weighted by Gasteiger charge is 2.31. The molecule has 19 heavy (non-hydrogen) atoms. The molecular formula is C16H24O3. The van der Waals surface area contributed by atoms with Crippen molar-refractivity contribution < 1.29 is 15.0 Å². The molecule has 1 unspecified atom stereocenters. The zero-order valence-corrected chi connectivity index (χ0v) is 12.7. The first-order valence-corrected chi connectivity index (χ1v) is 6.56. The Kier molecular flexibility index (Phi) is 4.41. The second-order valence-corrected chi connectivity index (χ2v) is 6.08. The molecular weight excluding hydrogens is 240 g/mol. The highest BCUT2D eigenvalue weighted by molar-refractivity contribution is 5.73. The zero-order chi connectivity index (χ0) is 15.0. The van der Waals surface area contributed by atoms with Gasteiger partial charge in [-0.3, -0.25) is 4.79 Å². The number of aliphatic carboxylic acids is 1. The Morgan fingerprint density at radius 1 is 1.16 bits per heavy atom. The fourth-order valence-corrected chi connectivity index (χ4v) is 2.42. The Balaban J connectivity index is 3.21. The van der Waals surface area contributed by atoms with Gasteiger partial charge in [0.2, 0.25) is 0 Å². The summed E-state index contributed by atoms with van der Waals surface area (Å²) >= 11 is 0. The van der Waals surface area contributed by atoms with Crippen LogP contribution in [0, 0.1) is 33.1 Å². The van der Waals surface area contributed by atoms with Crippen LogP contribution in [-0.2, 0) is 4.79 Å². The fraction of sp³-hybridized carbons (Fsp3) is 0.562. The van der Waals surface area contributed by atoms with Crippen LogP contribution >= 0.6 is 0 Å². The lowest BCUT2D eigenvalue weighted by Gasteiger charge is -2.26. The van der Waals surface area contributed by atoms with Crippen LogP contribution in [0.2, 0.25) is 0 Å². The molecule has 0 aromatic heterocycles. The van der Waals surface area contributed by atoms with Crippen LogP contribution in [0.1, 0.15) is 54.2 Å². The lowest BCUT2D eigenvalue weighted by atomic mass is 9.81. The number of carboxylic acids is 1. The quantitative estimate of drug-likeness (QED) is 0.875. The smallest absolute Gasteiger partial charge is 0.309 e. The second kappa shape index (κ2) is 5.33. The first-order chi connectivity index (χ1) is 8.58. The van der Waals surface area contributed by atoms with E-state index in [-0.39, 0.29) is 6.42 Å². The van der Waals surface area contributed by atoms with Gasteiger partial charge in [-0.1, -0.05) is 6.07 Å². The number of hydrogen-bond acceptors (Lipinski definition) is 2. The van der Waals surface area contributed by atoms with Gasteiger partial charge in [-0.05, 0) is 75.8 Å². The number of benzene rings is 1. The van der Waals surface area contributed by atoms with Crippen molar-refractivity contribution in [1.82, 2.24) is 0 Å². The van der Waals surface area contributed by atoms with Crippen LogP contribution in [0.4, 0.5) is 0 Å². The van der Waals surface area contributed by atoms with Crippen molar-refractivity contribution in [2.45, 2.75) is 54.1 Å². The topological polar surface area (TPSA) is 57.5 Å². The number of aliphatic hydroxyl groups excluding tert-OH is 1. The molecule has 0 radical (unpaired) electrons. The Hall–Kier alpha value is -1.35. The molecule has 1 aromatic carbocycles. The molecule has 0 saturated carbocycles. The third-order valence-corrected chi connectivity index (χ3v) is 4.04. The van der Waals surface area contributed by atoms with Gasteiger partial charge >= 0.3 is 5.97 Å². The molecule has 0 bridgehead atoms. The number of aryl methyl sites for hydroxylation is 2. The van der Waals surface area contributed by atoms with Gasteiger partial charge in [0.25, 0.3) is 0 Å². The molecule has 1 rings (SSSR count). The minimum Gasteiger partial charge on any atom is -0.481 e. The Morgan fingerprint density at radius 3 is 1.95 bits per heavy atom. The molecule has 0 spiro atoms. The van der Waals surface area contributed by atoms with Gasteiger partial charge in [0, 0.05) is 0 Å². The highest BCUT2D eigenvalue weighted by Crippen LogP contribution is 2.35. The van der Waals surface area contributed by atoms with Crippen molar-refractivity contribution in [1.29, 1.82) is 0 Å². The SMILES string of the molecule is Cc1cc(C)c(C)c(C(O)CC(C)(C)C(=O)O)c1C. The molecule has 0 aliphatic carbocycles. The summed E-state index contributed by atoms with van der Waals surface area (Å²) in [7, 11) is 0. The summed E-state index contributed by atoms with van der Waals surface area (Å²) in [6.45, 7) is 11.3. The van der Waals surface area contributed by atoms with E-state index in [1.165, 1.54) is 0 Å². The van der Waals surface area contributed by atoms with Crippen molar-refractivity contribution in [3.8, 4) is 0 Å². The molecule has 0 aliphatic rings. The first kappa shape index (κ1) is 15.7. The van der Waals surface area contributed by atoms with Gasteiger partial charge in [0.15, 0.2) is 0 Å². The number of carboxylic acid groups (broad SMARTS) is 1. The van der Waals surface area contributed by atoms with E-state index >= 15 is 0 Å². The summed E-state index contributed by atoms with van der Waals surface area (Å²) < 4.78 is 0. The lowest BCUT2D eigenvalue weighted by Crippen LogP contribution is -2.26.